The van der Waals surface area contributed by atoms with Gasteiger partial charge in [-0.3, -0.25) is 9.79 Å². The molecule has 8 heteroatoms. The SMILES string of the molecule is O=C(c1cc2c(s1)N(c1ccc(F)c(Cl)c1)CN=C2)N1CCC(N2CCCC2)CC1. The van der Waals surface area contributed by atoms with Gasteiger partial charge in [-0.05, 0) is 63.0 Å². The van der Waals surface area contributed by atoms with Crippen molar-refractivity contribution in [2.24, 2.45) is 4.99 Å². The van der Waals surface area contributed by atoms with E-state index in [0.29, 0.717) is 12.7 Å². The Morgan fingerprint density at radius 2 is 1.90 bits per heavy atom. The number of hydrogen-bond donors (Lipinski definition) is 0. The van der Waals surface area contributed by atoms with Gasteiger partial charge in [-0.1, -0.05) is 11.6 Å². The molecule has 0 spiro atoms. The normalized spacial score (nSPS) is 20.1. The number of aliphatic imine (C=N–C) groups is 1. The zero-order chi connectivity index (χ0) is 20.7. The molecule has 2 aromatic rings. The van der Waals surface area contributed by atoms with Crippen molar-refractivity contribution in [3.8, 4) is 0 Å². The molecule has 0 saturated carbocycles. The number of likely N-dealkylation sites (tertiary alicyclic amines) is 2. The maximum atomic E-state index is 13.6. The minimum absolute atomic E-state index is 0.0809. The van der Waals surface area contributed by atoms with E-state index in [2.05, 4.69) is 9.89 Å². The van der Waals surface area contributed by atoms with Gasteiger partial charge in [0.15, 0.2) is 0 Å². The second kappa shape index (κ2) is 8.29. The first kappa shape index (κ1) is 20.0. The average molecular weight is 447 g/mol. The molecule has 0 N–H and O–H groups in total. The van der Waals surface area contributed by atoms with Crippen LogP contribution in [0.4, 0.5) is 15.1 Å². The summed E-state index contributed by atoms with van der Waals surface area (Å²) >= 11 is 7.45. The first-order valence-electron chi connectivity index (χ1n) is 10.5. The van der Waals surface area contributed by atoms with Crippen molar-refractivity contribution in [2.75, 3.05) is 37.7 Å². The van der Waals surface area contributed by atoms with E-state index >= 15 is 0 Å². The number of carbonyl (C=O) groups is 1. The van der Waals surface area contributed by atoms with Crippen LogP contribution in [0.3, 0.4) is 0 Å². The maximum Gasteiger partial charge on any atom is 0.264 e. The summed E-state index contributed by atoms with van der Waals surface area (Å²) in [4.78, 5) is 24.9. The Morgan fingerprint density at radius 1 is 1.13 bits per heavy atom. The first-order chi connectivity index (χ1) is 14.6. The smallest absolute Gasteiger partial charge is 0.264 e. The molecule has 158 valence electrons. The monoisotopic (exact) mass is 446 g/mol. The van der Waals surface area contributed by atoms with Crippen LogP contribution in [0.15, 0.2) is 29.3 Å². The van der Waals surface area contributed by atoms with E-state index < -0.39 is 5.82 Å². The van der Waals surface area contributed by atoms with Gasteiger partial charge in [0.05, 0.1) is 9.90 Å². The van der Waals surface area contributed by atoms with Crippen LogP contribution in [0.25, 0.3) is 0 Å². The fourth-order valence-corrected chi connectivity index (χ4v) is 5.93. The van der Waals surface area contributed by atoms with E-state index in [1.165, 1.54) is 43.3 Å². The van der Waals surface area contributed by atoms with E-state index in [4.69, 9.17) is 11.6 Å². The Bertz CT molecular complexity index is 980. The molecule has 4 heterocycles. The Kier molecular flexibility index (Phi) is 5.52. The molecule has 5 nitrogen and oxygen atoms in total. The summed E-state index contributed by atoms with van der Waals surface area (Å²) in [6.45, 7) is 4.46. The van der Waals surface area contributed by atoms with Gasteiger partial charge < -0.3 is 14.7 Å². The fourth-order valence-electron chi connectivity index (χ4n) is 4.64. The van der Waals surface area contributed by atoms with Gasteiger partial charge in [0.1, 0.15) is 17.5 Å². The number of thiophene rings is 1. The average Bonchev–Trinajstić information content (AvgIpc) is 3.45. The Labute approximate surface area is 184 Å². The maximum absolute atomic E-state index is 13.6. The molecule has 30 heavy (non-hydrogen) atoms. The van der Waals surface area contributed by atoms with Gasteiger partial charge in [0.2, 0.25) is 0 Å². The van der Waals surface area contributed by atoms with Gasteiger partial charge in [0, 0.05) is 36.6 Å². The van der Waals surface area contributed by atoms with Crippen LogP contribution in [0.2, 0.25) is 5.02 Å². The number of nitrogens with zero attached hydrogens (tertiary/aromatic N) is 4. The second-order valence-corrected chi connectivity index (χ2v) is 9.55. The van der Waals surface area contributed by atoms with Crippen molar-refractivity contribution in [2.45, 2.75) is 31.7 Å². The van der Waals surface area contributed by atoms with Crippen molar-refractivity contribution in [1.29, 1.82) is 0 Å². The van der Waals surface area contributed by atoms with Crippen LogP contribution in [-0.4, -0.2) is 60.8 Å². The third-order valence-corrected chi connectivity index (χ3v) is 7.72. The second-order valence-electron chi connectivity index (χ2n) is 8.12. The summed E-state index contributed by atoms with van der Waals surface area (Å²) in [7, 11) is 0. The lowest BCUT2D eigenvalue weighted by Gasteiger charge is -2.36. The summed E-state index contributed by atoms with van der Waals surface area (Å²) < 4.78 is 13.6. The van der Waals surface area contributed by atoms with Crippen LogP contribution in [0.1, 0.15) is 40.9 Å². The quantitative estimate of drug-likeness (QED) is 0.681. The van der Waals surface area contributed by atoms with E-state index in [-0.39, 0.29) is 10.9 Å². The molecule has 0 atom stereocenters. The minimum Gasteiger partial charge on any atom is -0.338 e. The van der Waals surface area contributed by atoms with E-state index in [0.717, 1.165) is 47.1 Å². The summed E-state index contributed by atoms with van der Waals surface area (Å²) in [6, 6.07) is 7.20. The van der Waals surface area contributed by atoms with Gasteiger partial charge in [0.25, 0.3) is 5.91 Å². The molecular weight excluding hydrogens is 423 g/mol. The van der Waals surface area contributed by atoms with E-state index in [9.17, 15) is 9.18 Å². The number of carbonyl (C=O) groups excluding carboxylic acids is 1. The highest BCUT2D eigenvalue weighted by atomic mass is 35.5. The van der Waals surface area contributed by atoms with Crippen molar-refractivity contribution in [3.05, 3.63) is 45.5 Å². The van der Waals surface area contributed by atoms with E-state index in [1.807, 2.05) is 22.1 Å². The molecular formula is C22H24ClFN4OS. The number of anilines is 2. The topological polar surface area (TPSA) is 39.2 Å². The Balaban J connectivity index is 1.32. The zero-order valence-corrected chi connectivity index (χ0v) is 18.3. The molecule has 3 aliphatic heterocycles. The molecule has 1 aromatic heterocycles. The van der Waals surface area contributed by atoms with Crippen molar-refractivity contribution < 1.29 is 9.18 Å². The minimum atomic E-state index is -0.444. The largest absolute Gasteiger partial charge is 0.338 e. The third kappa shape index (κ3) is 3.74. The van der Waals surface area contributed by atoms with E-state index in [1.54, 1.807) is 12.1 Å². The van der Waals surface area contributed by atoms with Crippen molar-refractivity contribution in [3.63, 3.8) is 0 Å². The van der Waals surface area contributed by atoms with Gasteiger partial charge in [-0.25, -0.2) is 4.39 Å². The van der Waals surface area contributed by atoms with Gasteiger partial charge in [-0.2, -0.15) is 0 Å². The van der Waals surface area contributed by atoms with Crippen LogP contribution < -0.4 is 4.90 Å². The highest BCUT2D eigenvalue weighted by Gasteiger charge is 2.30. The predicted octanol–water partition coefficient (Wildman–Crippen LogP) is 4.77. The Hall–Kier alpha value is -1.96. The predicted molar refractivity (Wildman–Crippen MR) is 120 cm³/mol. The molecule has 1 amide bonds. The van der Waals surface area contributed by atoms with Gasteiger partial charge >= 0.3 is 0 Å². The molecule has 3 aliphatic rings. The van der Waals surface area contributed by atoms with Crippen LogP contribution >= 0.6 is 22.9 Å². The van der Waals surface area contributed by atoms with Crippen LogP contribution in [-0.2, 0) is 0 Å². The standard InChI is InChI=1S/C22H24ClFN4OS/c23-18-12-17(3-4-19(18)24)28-14-25-13-15-11-20(30-22(15)28)21(29)27-9-5-16(6-10-27)26-7-1-2-8-26/h3-4,11-13,16H,1-2,5-10,14H2. The number of amides is 1. The zero-order valence-electron chi connectivity index (χ0n) is 16.7. The highest BCUT2D eigenvalue weighted by molar-refractivity contribution is 7.18. The van der Waals surface area contributed by atoms with Crippen LogP contribution in [0.5, 0.6) is 0 Å². The molecule has 5 rings (SSSR count). The molecule has 2 fully saturated rings. The molecule has 0 radical (unpaired) electrons. The number of hydrogen-bond acceptors (Lipinski definition) is 5. The third-order valence-electron chi connectivity index (χ3n) is 6.27. The van der Waals surface area contributed by atoms with Crippen LogP contribution in [0, 0.1) is 5.82 Å². The van der Waals surface area contributed by atoms with Crippen molar-refractivity contribution in [1.82, 2.24) is 9.80 Å². The fraction of sp³-hybridized carbons (Fsp3) is 0.455. The number of rotatable bonds is 3. The molecule has 0 aliphatic carbocycles. The highest BCUT2D eigenvalue weighted by Crippen LogP contribution is 2.39. The Morgan fingerprint density at radius 3 is 2.63 bits per heavy atom. The molecule has 0 unspecified atom stereocenters. The number of benzene rings is 1. The molecule has 0 bridgehead atoms. The number of piperidine rings is 1. The summed E-state index contributed by atoms with van der Waals surface area (Å²) in [5, 5.41) is 1.03. The molecule has 1 aromatic carbocycles. The number of fused-ring (bicyclic) bond motifs is 1. The first-order valence-corrected chi connectivity index (χ1v) is 11.7. The summed E-state index contributed by atoms with van der Waals surface area (Å²) in [5.74, 6) is -0.347. The lowest BCUT2D eigenvalue weighted by atomic mass is 10.0. The lowest BCUT2D eigenvalue weighted by molar-refractivity contribution is 0.0649. The lowest BCUT2D eigenvalue weighted by Crippen LogP contribution is -2.45. The van der Waals surface area contributed by atoms with Crippen molar-refractivity contribution >= 4 is 45.7 Å². The summed E-state index contributed by atoms with van der Waals surface area (Å²) in [6.07, 6.45) is 6.52. The summed E-state index contributed by atoms with van der Waals surface area (Å²) in [5.41, 5.74) is 1.69. The molecule has 2 saturated heterocycles. The van der Waals surface area contributed by atoms with Gasteiger partial charge in [-0.15, -0.1) is 11.3 Å². The number of halogens is 2.